The average molecular weight is 407 g/mol. The third-order valence-corrected chi connectivity index (χ3v) is 4.14. The molecule has 0 aliphatic carbocycles. The summed E-state index contributed by atoms with van der Waals surface area (Å²) >= 11 is 2.23. The van der Waals surface area contributed by atoms with E-state index in [2.05, 4.69) is 22.6 Å². The Morgan fingerprint density at radius 1 is 0.955 bits per heavy atom. The van der Waals surface area contributed by atoms with E-state index in [4.69, 9.17) is 4.74 Å². The van der Waals surface area contributed by atoms with Crippen LogP contribution >= 0.6 is 22.6 Å². The Balaban J connectivity index is 1.55. The van der Waals surface area contributed by atoms with E-state index in [1.807, 2.05) is 24.3 Å². The second kappa shape index (κ2) is 6.48. The molecule has 0 aromatic heterocycles. The van der Waals surface area contributed by atoms with Gasteiger partial charge in [-0.1, -0.05) is 18.2 Å². The topological polar surface area (TPSA) is 46.6 Å². The maximum absolute atomic E-state index is 12.2. The minimum Gasteiger partial charge on any atom is -0.493 e. The lowest BCUT2D eigenvalue weighted by Crippen LogP contribution is -2.31. The Morgan fingerprint density at radius 3 is 2.27 bits per heavy atom. The number of amides is 2. The molecule has 5 heteroatoms. The first-order valence-corrected chi connectivity index (χ1v) is 8.08. The number of imide groups is 1. The summed E-state index contributed by atoms with van der Waals surface area (Å²) < 4.78 is 6.75. The molecule has 112 valence electrons. The highest BCUT2D eigenvalue weighted by Gasteiger charge is 2.34. The molecule has 1 aliphatic rings. The number of halogens is 1. The second-order valence-electron chi connectivity index (χ2n) is 4.97. The normalized spacial score (nSPS) is 13.4. The molecule has 0 N–H and O–H groups in total. The van der Waals surface area contributed by atoms with Gasteiger partial charge in [-0.25, -0.2) is 0 Å². The minimum atomic E-state index is -0.213. The lowest BCUT2D eigenvalue weighted by atomic mass is 10.1. The highest BCUT2D eigenvalue weighted by Crippen LogP contribution is 2.22. The van der Waals surface area contributed by atoms with Crippen molar-refractivity contribution in [3.63, 3.8) is 0 Å². The number of carbonyl (C=O) groups is 2. The van der Waals surface area contributed by atoms with Gasteiger partial charge in [0.1, 0.15) is 5.75 Å². The standard InChI is InChI=1S/C17H14INO3/c18-12-5-3-6-13(11-12)22-10-4-9-19-16(20)14-7-1-2-8-15(14)17(19)21/h1-3,5-8,11H,4,9-10H2. The predicted molar refractivity (Wildman–Crippen MR) is 91.1 cm³/mol. The molecule has 2 aromatic carbocycles. The van der Waals surface area contributed by atoms with E-state index in [9.17, 15) is 9.59 Å². The Kier molecular flexibility index (Phi) is 4.42. The van der Waals surface area contributed by atoms with Crippen molar-refractivity contribution in [1.29, 1.82) is 0 Å². The molecule has 0 saturated heterocycles. The van der Waals surface area contributed by atoms with Crippen molar-refractivity contribution in [2.24, 2.45) is 0 Å². The lowest BCUT2D eigenvalue weighted by Gasteiger charge is -2.14. The van der Waals surface area contributed by atoms with Gasteiger partial charge in [-0.05, 0) is 59.3 Å². The molecule has 0 atom stereocenters. The molecule has 1 aliphatic heterocycles. The summed E-state index contributed by atoms with van der Waals surface area (Å²) in [6, 6.07) is 14.7. The van der Waals surface area contributed by atoms with Gasteiger partial charge < -0.3 is 4.74 Å². The maximum Gasteiger partial charge on any atom is 0.261 e. The van der Waals surface area contributed by atoms with Gasteiger partial charge in [-0.15, -0.1) is 0 Å². The van der Waals surface area contributed by atoms with Crippen LogP contribution in [0.4, 0.5) is 0 Å². The number of fused-ring (bicyclic) bond motifs is 1. The van der Waals surface area contributed by atoms with Crippen LogP contribution < -0.4 is 4.74 Å². The summed E-state index contributed by atoms with van der Waals surface area (Å²) in [5, 5.41) is 0. The Hall–Kier alpha value is -1.89. The van der Waals surface area contributed by atoms with E-state index in [-0.39, 0.29) is 11.8 Å². The molecular formula is C17H14INO3. The molecule has 1 heterocycles. The van der Waals surface area contributed by atoms with Crippen molar-refractivity contribution < 1.29 is 14.3 Å². The van der Waals surface area contributed by atoms with Crippen molar-refractivity contribution in [1.82, 2.24) is 4.90 Å². The number of nitrogens with zero attached hydrogens (tertiary/aromatic N) is 1. The zero-order chi connectivity index (χ0) is 15.5. The van der Waals surface area contributed by atoms with Gasteiger partial charge in [-0.3, -0.25) is 14.5 Å². The number of hydrogen-bond acceptors (Lipinski definition) is 3. The summed E-state index contributed by atoms with van der Waals surface area (Å²) in [6.45, 7) is 0.837. The zero-order valence-electron chi connectivity index (χ0n) is 11.8. The quantitative estimate of drug-likeness (QED) is 0.434. The first kappa shape index (κ1) is 15.0. The molecule has 0 fully saturated rings. The molecule has 0 saturated carbocycles. The first-order chi connectivity index (χ1) is 10.7. The largest absolute Gasteiger partial charge is 0.493 e. The lowest BCUT2D eigenvalue weighted by molar-refractivity contribution is 0.0647. The SMILES string of the molecule is O=C1c2ccccc2C(=O)N1CCCOc1cccc(I)c1. The van der Waals surface area contributed by atoms with E-state index in [0.717, 1.165) is 9.32 Å². The van der Waals surface area contributed by atoms with Gasteiger partial charge in [0.25, 0.3) is 11.8 Å². The monoisotopic (exact) mass is 407 g/mol. The van der Waals surface area contributed by atoms with Crippen molar-refractivity contribution in [2.75, 3.05) is 13.2 Å². The van der Waals surface area contributed by atoms with E-state index in [1.165, 1.54) is 4.90 Å². The summed E-state index contributed by atoms with van der Waals surface area (Å²) in [5.41, 5.74) is 0.983. The third kappa shape index (κ3) is 2.99. The Labute approximate surface area is 142 Å². The van der Waals surface area contributed by atoms with Gasteiger partial charge >= 0.3 is 0 Å². The molecule has 0 unspecified atom stereocenters. The fourth-order valence-electron chi connectivity index (χ4n) is 2.41. The molecule has 0 bridgehead atoms. The van der Waals surface area contributed by atoms with Crippen LogP contribution in [0.2, 0.25) is 0 Å². The van der Waals surface area contributed by atoms with Crippen molar-refractivity contribution >= 4 is 34.4 Å². The molecule has 0 radical (unpaired) electrons. The highest BCUT2D eigenvalue weighted by atomic mass is 127. The van der Waals surface area contributed by atoms with Crippen molar-refractivity contribution in [3.05, 3.63) is 63.2 Å². The van der Waals surface area contributed by atoms with E-state index < -0.39 is 0 Å². The fourth-order valence-corrected chi connectivity index (χ4v) is 2.93. The smallest absolute Gasteiger partial charge is 0.261 e. The van der Waals surface area contributed by atoms with Gasteiger partial charge in [0.05, 0.1) is 17.7 Å². The average Bonchev–Trinajstić information content (AvgIpc) is 2.77. The van der Waals surface area contributed by atoms with Gasteiger partial charge in [0, 0.05) is 10.1 Å². The minimum absolute atomic E-state index is 0.213. The predicted octanol–water partition coefficient (Wildman–Crippen LogP) is 3.36. The number of ether oxygens (including phenoxy) is 1. The summed E-state index contributed by atoms with van der Waals surface area (Å²) in [7, 11) is 0. The molecule has 3 rings (SSSR count). The van der Waals surface area contributed by atoms with Crippen molar-refractivity contribution in [2.45, 2.75) is 6.42 Å². The van der Waals surface area contributed by atoms with Crippen LogP contribution in [0.3, 0.4) is 0 Å². The Morgan fingerprint density at radius 2 is 1.64 bits per heavy atom. The summed E-state index contributed by atoms with van der Waals surface area (Å²) in [6.07, 6.45) is 0.608. The second-order valence-corrected chi connectivity index (χ2v) is 6.21. The highest BCUT2D eigenvalue weighted by molar-refractivity contribution is 14.1. The maximum atomic E-state index is 12.2. The fraction of sp³-hybridized carbons (Fsp3) is 0.176. The molecule has 4 nitrogen and oxygen atoms in total. The van der Waals surface area contributed by atoms with E-state index in [1.54, 1.807) is 24.3 Å². The number of carbonyl (C=O) groups excluding carboxylic acids is 2. The van der Waals surface area contributed by atoms with Crippen LogP contribution in [0.5, 0.6) is 5.75 Å². The van der Waals surface area contributed by atoms with Crippen LogP contribution in [0.25, 0.3) is 0 Å². The summed E-state index contributed by atoms with van der Waals surface area (Å²) in [4.78, 5) is 25.7. The first-order valence-electron chi connectivity index (χ1n) is 7.00. The van der Waals surface area contributed by atoms with Gasteiger partial charge in [-0.2, -0.15) is 0 Å². The molecule has 2 aromatic rings. The number of benzene rings is 2. The van der Waals surface area contributed by atoms with Crippen LogP contribution in [0, 0.1) is 3.57 Å². The molecule has 2 amide bonds. The van der Waals surface area contributed by atoms with Crippen LogP contribution in [0.1, 0.15) is 27.1 Å². The van der Waals surface area contributed by atoms with E-state index in [0.29, 0.717) is 30.7 Å². The van der Waals surface area contributed by atoms with Crippen LogP contribution in [-0.2, 0) is 0 Å². The molecule has 0 spiro atoms. The summed E-state index contributed by atoms with van der Waals surface area (Å²) in [5.74, 6) is 0.374. The van der Waals surface area contributed by atoms with Crippen molar-refractivity contribution in [3.8, 4) is 5.75 Å². The number of hydrogen-bond donors (Lipinski definition) is 0. The number of rotatable bonds is 5. The zero-order valence-corrected chi connectivity index (χ0v) is 13.9. The van der Waals surface area contributed by atoms with Crippen LogP contribution in [0.15, 0.2) is 48.5 Å². The third-order valence-electron chi connectivity index (χ3n) is 3.47. The van der Waals surface area contributed by atoms with Gasteiger partial charge in [0.15, 0.2) is 0 Å². The molecular weight excluding hydrogens is 393 g/mol. The van der Waals surface area contributed by atoms with E-state index >= 15 is 0 Å². The molecule has 22 heavy (non-hydrogen) atoms. The van der Waals surface area contributed by atoms with Gasteiger partial charge in [0.2, 0.25) is 0 Å². The van der Waals surface area contributed by atoms with Crippen LogP contribution in [-0.4, -0.2) is 29.9 Å². The Bertz CT molecular complexity index is 694.